The molecule has 0 atom stereocenters. The van der Waals surface area contributed by atoms with Gasteiger partial charge in [-0.3, -0.25) is 14.5 Å². The molecule has 1 rings (SSSR count). The van der Waals surface area contributed by atoms with Crippen molar-refractivity contribution in [2.24, 2.45) is 0 Å². The Labute approximate surface area is 162 Å². The van der Waals surface area contributed by atoms with Gasteiger partial charge < -0.3 is 14.2 Å². The van der Waals surface area contributed by atoms with E-state index in [1.807, 2.05) is 12.1 Å². The van der Waals surface area contributed by atoms with Gasteiger partial charge in [-0.25, -0.2) is 0 Å². The van der Waals surface area contributed by atoms with Crippen LogP contribution in [0.2, 0.25) is 0 Å². The van der Waals surface area contributed by atoms with Crippen molar-refractivity contribution in [1.29, 1.82) is 0 Å². The first-order valence-electron chi connectivity index (χ1n) is 9.84. The number of unbranched alkanes of at least 4 members (excludes halogenated alkanes) is 2. The molecule has 0 aliphatic rings. The van der Waals surface area contributed by atoms with Gasteiger partial charge in [-0.05, 0) is 44.4 Å². The summed E-state index contributed by atoms with van der Waals surface area (Å²) in [5.74, 6) is 0.0536. The van der Waals surface area contributed by atoms with E-state index in [0.29, 0.717) is 26.4 Å². The molecule has 0 aliphatic heterocycles. The Kier molecular flexibility index (Phi) is 11.9. The third-order valence-corrected chi connectivity index (χ3v) is 3.98. The molecule has 0 aliphatic carbocycles. The topological polar surface area (TPSA) is 65.1 Å². The fraction of sp³-hybridized carbons (Fsp3) is 0.619. The number of esters is 2. The Morgan fingerprint density at radius 2 is 1.48 bits per heavy atom. The molecule has 0 bridgehead atoms. The van der Waals surface area contributed by atoms with Gasteiger partial charge in [0, 0.05) is 6.54 Å². The second-order valence-corrected chi connectivity index (χ2v) is 6.27. The molecule has 0 heterocycles. The van der Waals surface area contributed by atoms with Crippen LogP contribution in [0.25, 0.3) is 0 Å². The van der Waals surface area contributed by atoms with Crippen LogP contribution in [0.15, 0.2) is 24.3 Å². The maximum absolute atomic E-state index is 11.7. The van der Waals surface area contributed by atoms with Gasteiger partial charge in [-0.15, -0.1) is 0 Å². The highest BCUT2D eigenvalue weighted by Crippen LogP contribution is 2.14. The van der Waals surface area contributed by atoms with Gasteiger partial charge in [0.1, 0.15) is 12.4 Å². The summed E-state index contributed by atoms with van der Waals surface area (Å²) in [6.45, 7) is 7.19. The minimum atomic E-state index is -0.363. The molecule has 27 heavy (non-hydrogen) atoms. The first kappa shape index (κ1) is 23.0. The minimum absolute atomic E-state index is 0.0341. The zero-order valence-electron chi connectivity index (χ0n) is 16.9. The van der Waals surface area contributed by atoms with Crippen molar-refractivity contribution >= 4 is 11.9 Å². The Hall–Kier alpha value is -2.08. The number of benzene rings is 1. The van der Waals surface area contributed by atoms with Gasteiger partial charge in [0.05, 0.1) is 26.3 Å². The highest BCUT2D eigenvalue weighted by Gasteiger charge is 2.16. The lowest BCUT2D eigenvalue weighted by Crippen LogP contribution is -2.38. The summed E-state index contributed by atoms with van der Waals surface area (Å²) in [5, 5.41) is 0. The summed E-state index contributed by atoms with van der Waals surface area (Å²) < 4.78 is 15.7. The summed E-state index contributed by atoms with van der Waals surface area (Å²) >= 11 is 0. The summed E-state index contributed by atoms with van der Waals surface area (Å²) in [6.07, 6.45) is 4.75. The van der Waals surface area contributed by atoms with E-state index < -0.39 is 0 Å². The Balaban J connectivity index is 2.46. The van der Waals surface area contributed by atoms with Crippen molar-refractivity contribution in [2.75, 3.05) is 39.5 Å². The van der Waals surface area contributed by atoms with Crippen LogP contribution in [-0.4, -0.2) is 56.3 Å². The van der Waals surface area contributed by atoms with Crippen LogP contribution in [0, 0.1) is 0 Å². The molecule has 1 aromatic carbocycles. The van der Waals surface area contributed by atoms with Gasteiger partial charge in [0.15, 0.2) is 0 Å². The first-order valence-corrected chi connectivity index (χ1v) is 9.84. The van der Waals surface area contributed by atoms with Crippen LogP contribution in [0.1, 0.15) is 45.6 Å². The van der Waals surface area contributed by atoms with Crippen molar-refractivity contribution in [1.82, 2.24) is 4.90 Å². The van der Waals surface area contributed by atoms with Crippen LogP contribution < -0.4 is 4.74 Å². The van der Waals surface area contributed by atoms with E-state index in [1.54, 1.807) is 18.7 Å². The van der Waals surface area contributed by atoms with E-state index in [2.05, 4.69) is 19.1 Å². The minimum Gasteiger partial charge on any atom is -0.492 e. The Morgan fingerprint density at radius 1 is 0.889 bits per heavy atom. The van der Waals surface area contributed by atoms with Crippen molar-refractivity contribution in [3.63, 3.8) is 0 Å². The average Bonchev–Trinajstić information content (AvgIpc) is 2.63. The van der Waals surface area contributed by atoms with Crippen LogP contribution in [0.3, 0.4) is 0 Å². The largest absolute Gasteiger partial charge is 0.492 e. The standard InChI is InChI=1S/C21H33NO5/c1-4-7-8-9-18-10-12-19(13-11-18)27-15-14-22(16-20(23)25-5-2)17-21(24)26-6-3/h10-13H,4-9,14-17H2,1-3H3. The summed E-state index contributed by atoms with van der Waals surface area (Å²) in [5.41, 5.74) is 1.31. The number of carbonyl (C=O) groups excluding carboxylic acids is 2. The summed E-state index contributed by atoms with van der Waals surface area (Å²) in [7, 11) is 0. The second kappa shape index (κ2) is 14.0. The number of ether oxygens (including phenoxy) is 3. The maximum atomic E-state index is 11.7. The van der Waals surface area contributed by atoms with Crippen LogP contribution in [0.4, 0.5) is 0 Å². The van der Waals surface area contributed by atoms with Crippen molar-refractivity contribution in [3.05, 3.63) is 29.8 Å². The van der Waals surface area contributed by atoms with Crippen molar-refractivity contribution in [2.45, 2.75) is 46.5 Å². The summed E-state index contributed by atoms with van der Waals surface area (Å²) in [6, 6.07) is 8.09. The zero-order valence-corrected chi connectivity index (χ0v) is 16.9. The Bertz CT molecular complexity index is 524. The van der Waals surface area contributed by atoms with Crippen LogP contribution >= 0.6 is 0 Å². The highest BCUT2D eigenvalue weighted by molar-refractivity contribution is 5.75. The smallest absolute Gasteiger partial charge is 0.320 e. The van der Waals surface area contributed by atoms with Gasteiger partial charge >= 0.3 is 11.9 Å². The number of rotatable bonds is 14. The quantitative estimate of drug-likeness (QED) is 0.365. The van der Waals surface area contributed by atoms with Gasteiger partial charge in [0.2, 0.25) is 0 Å². The molecule has 6 heteroatoms. The molecule has 0 saturated carbocycles. The van der Waals surface area contributed by atoms with Crippen molar-refractivity contribution in [3.8, 4) is 5.75 Å². The fourth-order valence-corrected chi connectivity index (χ4v) is 2.62. The molecule has 0 unspecified atom stereocenters. The second-order valence-electron chi connectivity index (χ2n) is 6.27. The number of hydrogen-bond donors (Lipinski definition) is 0. The van der Waals surface area contributed by atoms with Crippen LogP contribution in [-0.2, 0) is 25.5 Å². The molecular formula is C21H33NO5. The third-order valence-electron chi connectivity index (χ3n) is 3.98. The van der Waals surface area contributed by atoms with Gasteiger partial charge in [-0.1, -0.05) is 31.9 Å². The monoisotopic (exact) mass is 379 g/mol. The normalized spacial score (nSPS) is 10.7. The molecule has 1 aromatic rings. The third kappa shape index (κ3) is 10.6. The molecule has 0 aromatic heterocycles. The van der Waals surface area contributed by atoms with E-state index in [4.69, 9.17) is 14.2 Å². The Morgan fingerprint density at radius 3 is 2.00 bits per heavy atom. The van der Waals surface area contributed by atoms with Gasteiger partial charge in [0.25, 0.3) is 0 Å². The molecule has 152 valence electrons. The predicted molar refractivity (Wildman–Crippen MR) is 105 cm³/mol. The average molecular weight is 379 g/mol. The highest BCUT2D eigenvalue weighted by atomic mass is 16.5. The maximum Gasteiger partial charge on any atom is 0.320 e. The number of carbonyl (C=O) groups is 2. The van der Waals surface area contributed by atoms with Crippen molar-refractivity contribution < 1.29 is 23.8 Å². The SMILES string of the molecule is CCCCCc1ccc(OCCN(CC(=O)OCC)CC(=O)OCC)cc1. The molecule has 0 spiro atoms. The lowest BCUT2D eigenvalue weighted by molar-refractivity contribution is -0.148. The fourth-order valence-electron chi connectivity index (χ4n) is 2.62. The first-order chi connectivity index (χ1) is 13.1. The molecular weight excluding hydrogens is 346 g/mol. The van der Waals surface area contributed by atoms with E-state index in [0.717, 1.165) is 12.2 Å². The molecule has 0 N–H and O–H groups in total. The number of hydrogen-bond acceptors (Lipinski definition) is 6. The predicted octanol–water partition coefficient (Wildman–Crippen LogP) is 3.23. The molecule has 0 amide bonds. The molecule has 0 radical (unpaired) electrons. The zero-order chi connectivity index (χ0) is 19.9. The molecule has 0 saturated heterocycles. The summed E-state index contributed by atoms with van der Waals surface area (Å²) in [4.78, 5) is 25.1. The van der Waals surface area contributed by atoms with E-state index in [-0.39, 0.29) is 25.0 Å². The van der Waals surface area contributed by atoms with Crippen LogP contribution in [0.5, 0.6) is 5.75 Å². The lowest BCUT2D eigenvalue weighted by Gasteiger charge is -2.20. The number of nitrogens with zero attached hydrogens (tertiary/aromatic N) is 1. The number of aryl methyl sites for hydroxylation is 1. The van der Waals surface area contributed by atoms with Gasteiger partial charge in [-0.2, -0.15) is 0 Å². The van der Waals surface area contributed by atoms with E-state index in [9.17, 15) is 9.59 Å². The molecule has 6 nitrogen and oxygen atoms in total. The lowest BCUT2D eigenvalue weighted by atomic mass is 10.1. The van der Waals surface area contributed by atoms with E-state index >= 15 is 0 Å². The molecule has 0 fully saturated rings. The van der Waals surface area contributed by atoms with E-state index in [1.165, 1.54) is 24.8 Å².